The molecule has 1 aromatic heterocycles. The number of halogens is 2. The Kier molecular flexibility index (Phi) is 8.21. The Balaban J connectivity index is 0.000000212. The summed E-state index contributed by atoms with van der Waals surface area (Å²) in [6.45, 7) is 0. The molecule has 0 bridgehead atoms. The largest absolute Gasteiger partial charge is 0.397 e. The Morgan fingerprint density at radius 1 is 0.862 bits per heavy atom. The highest BCUT2D eigenvalue weighted by molar-refractivity contribution is 6.59. The van der Waals surface area contributed by atoms with Crippen LogP contribution in [0.15, 0.2) is 84.2 Å². The number of nitrogen functional groups attached to an aromatic ring is 1. The van der Waals surface area contributed by atoms with Crippen LogP contribution in [-0.2, 0) is 4.79 Å². The summed E-state index contributed by atoms with van der Waals surface area (Å²) in [5.41, 5.74) is 13.0. The number of primary amides is 1. The number of para-hydroxylation sites is 2. The van der Waals surface area contributed by atoms with E-state index in [1.165, 1.54) is 6.20 Å². The fourth-order valence-corrected chi connectivity index (χ4v) is 2.44. The summed E-state index contributed by atoms with van der Waals surface area (Å²) in [4.78, 5) is 26.3. The summed E-state index contributed by atoms with van der Waals surface area (Å²) < 4.78 is 0. The van der Waals surface area contributed by atoms with Crippen molar-refractivity contribution in [3.05, 3.63) is 95.3 Å². The van der Waals surface area contributed by atoms with E-state index in [1.807, 2.05) is 30.3 Å². The Labute approximate surface area is 178 Å². The molecule has 2 amide bonds. The van der Waals surface area contributed by atoms with E-state index in [4.69, 9.17) is 34.7 Å². The van der Waals surface area contributed by atoms with Crippen molar-refractivity contribution in [1.29, 1.82) is 0 Å². The lowest BCUT2D eigenvalue weighted by atomic mass is 10.2. The van der Waals surface area contributed by atoms with Crippen LogP contribution < -0.4 is 16.8 Å². The molecular formula is C21H18Cl2N4O2. The van der Waals surface area contributed by atoms with Gasteiger partial charge in [0, 0.05) is 23.5 Å². The Bertz CT molecular complexity index is 1010. The molecule has 0 unspecified atom stereocenters. The van der Waals surface area contributed by atoms with Gasteiger partial charge >= 0.3 is 0 Å². The lowest BCUT2D eigenvalue weighted by molar-refractivity contribution is -0.113. The molecule has 29 heavy (non-hydrogen) atoms. The lowest BCUT2D eigenvalue weighted by Crippen LogP contribution is -2.12. The minimum atomic E-state index is -0.754. The highest BCUT2D eigenvalue weighted by Crippen LogP contribution is 2.24. The van der Waals surface area contributed by atoms with E-state index in [1.54, 1.807) is 42.6 Å². The van der Waals surface area contributed by atoms with Crippen LogP contribution in [0.1, 0.15) is 15.9 Å². The first kappa shape index (κ1) is 21.9. The molecule has 0 saturated carbocycles. The average Bonchev–Trinajstić information content (AvgIpc) is 2.76. The van der Waals surface area contributed by atoms with Gasteiger partial charge in [-0.1, -0.05) is 59.6 Å². The quantitative estimate of drug-likeness (QED) is 0.426. The van der Waals surface area contributed by atoms with E-state index in [-0.39, 0.29) is 16.0 Å². The van der Waals surface area contributed by atoms with E-state index in [9.17, 15) is 9.59 Å². The van der Waals surface area contributed by atoms with Crippen molar-refractivity contribution in [3.63, 3.8) is 0 Å². The number of carbonyl (C=O) groups excluding carboxylic acids is 2. The molecule has 1 heterocycles. The molecule has 148 valence electrons. The number of hydrogen-bond donors (Lipinski definition) is 3. The van der Waals surface area contributed by atoms with E-state index in [0.717, 1.165) is 0 Å². The molecule has 5 N–H and O–H groups in total. The first-order valence-corrected chi connectivity index (χ1v) is 9.12. The predicted octanol–water partition coefficient (Wildman–Crippen LogP) is 4.23. The predicted molar refractivity (Wildman–Crippen MR) is 117 cm³/mol. The number of anilines is 2. The van der Waals surface area contributed by atoms with Crippen LogP contribution in [-0.4, -0.2) is 16.8 Å². The summed E-state index contributed by atoms with van der Waals surface area (Å²) in [6.07, 6.45) is 3.08. The fraction of sp³-hybridized carbons (Fsp3) is 0. The van der Waals surface area contributed by atoms with Crippen LogP contribution in [0.25, 0.3) is 5.03 Å². The minimum absolute atomic E-state index is 0.113. The monoisotopic (exact) mass is 428 g/mol. The van der Waals surface area contributed by atoms with E-state index < -0.39 is 5.91 Å². The number of benzene rings is 2. The fourth-order valence-electron chi connectivity index (χ4n) is 2.12. The van der Waals surface area contributed by atoms with Crippen molar-refractivity contribution in [1.82, 2.24) is 4.98 Å². The summed E-state index contributed by atoms with van der Waals surface area (Å²) in [5.74, 6) is -0.908. The minimum Gasteiger partial charge on any atom is -0.397 e. The van der Waals surface area contributed by atoms with Crippen molar-refractivity contribution in [2.45, 2.75) is 0 Å². The second kappa shape index (κ2) is 10.8. The average molecular weight is 429 g/mol. The van der Waals surface area contributed by atoms with Gasteiger partial charge in [-0.2, -0.15) is 0 Å². The maximum absolute atomic E-state index is 11.8. The van der Waals surface area contributed by atoms with Gasteiger partial charge in [-0.3, -0.25) is 14.6 Å². The maximum Gasteiger partial charge on any atom is 0.261 e. The summed E-state index contributed by atoms with van der Waals surface area (Å²) in [7, 11) is 0. The van der Waals surface area contributed by atoms with Gasteiger partial charge in [-0.25, -0.2) is 0 Å². The number of amides is 2. The zero-order valence-electron chi connectivity index (χ0n) is 15.2. The smallest absolute Gasteiger partial charge is 0.261 e. The number of hydrogen-bond acceptors (Lipinski definition) is 4. The van der Waals surface area contributed by atoms with Gasteiger partial charge in [0.25, 0.3) is 11.8 Å². The highest BCUT2D eigenvalue weighted by atomic mass is 35.5. The first-order valence-electron chi connectivity index (χ1n) is 8.36. The molecule has 3 rings (SSSR count). The first-order chi connectivity index (χ1) is 13.9. The van der Waals surface area contributed by atoms with Gasteiger partial charge in [0.15, 0.2) is 0 Å². The number of nitrogens with two attached hydrogens (primary N) is 2. The van der Waals surface area contributed by atoms with Crippen LogP contribution >= 0.6 is 23.2 Å². The molecular weight excluding hydrogens is 411 g/mol. The van der Waals surface area contributed by atoms with Crippen molar-refractivity contribution in [2.24, 2.45) is 5.73 Å². The maximum atomic E-state index is 11.8. The van der Waals surface area contributed by atoms with Gasteiger partial charge in [-0.05, 0) is 30.3 Å². The van der Waals surface area contributed by atoms with Crippen molar-refractivity contribution >= 4 is 51.4 Å². The molecule has 6 nitrogen and oxygen atoms in total. The molecule has 0 aliphatic carbocycles. The molecule has 0 aliphatic heterocycles. The third kappa shape index (κ3) is 6.64. The van der Waals surface area contributed by atoms with Gasteiger partial charge in [0.2, 0.25) is 0 Å². The molecule has 0 spiro atoms. The van der Waals surface area contributed by atoms with Crippen molar-refractivity contribution < 1.29 is 9.59 Å². The molecule has 8 heteroatoms. The zero-order chi connectivity index (χ0) is 21.2. The molecule has 0 aliphatic rings. The lowest BCUT2D eigenvalue weighted by Gasteiger charge is -2.07. The molecule has 0 atom stereocenters. The molecule has 3 aromatic rings. The Morgan fingerprint density at radius 2 is 1.48 bits per heavy atom. The van der Waals surface area contributed by atoms with Crippen LogP contribution in [0.4, 0.5) is 11.4 Å². The van der Waals surface area contributed by atoms with E-state index >= 15 is 0 Å². The molecule has 2 aromatic carbocycles. The number of aromatic nitrogens is 1. The summed E-state index contributed by atoms with van der Waals surface area (Å²) in [6, 6.07) is 19.6. The van der Waals surface area contributed by atoms with Crippen molar-refractivity contribution in [3.8, 4) is 0 Å². The van der Waals surface area contributed by atoms with Crippen LogP contribution in [0.5, 0.6) is 0 Å². The summed E-state index contributed by atoms with van der Waals surface area (Å²) >= 11 is 11.3. The van der Waals surface area contributed by atoms with Gasteiger partial charge < -0.3 is 16.8 Å². The van der Waals surface area contributed by atoms with E-state index in [0.29, 0.717) is 22.5 Å². The molecule has 0 radical (unpaired) electrons. The van der Waals surface area contributed by atoms with Crippen LogP contribution in [0.2, 0.25) is 0 Å². The second-order valence-corrected chi connectivity index (χ2v) is 6.40. The Morgan fingerprint density at radius 3 is 2.07 bits per heavy atom. The van der Waals surface area contributed by atoms with Crippen molar-refractivity contribution in [2.75, 3.05) is 11.1 Å². The van der Waals surface area contributed by atoms with Gasteiger partial charge in [-0.15, -0.1) is 0 Å². The number of nitrogens with one attached hydrogen (secondary N) is 1. The standard InChI is InChI=1S/C13H12N2O.C8H6Cl2N2O/c14-11-8-4-5-9-12(11)15-13(16)10-6-2-1-3-7-10;9-6(7(10)8(11)13)5-2-1-3-12-4-5/h1-9H,14H2,(H,15,16);1-4H,(H2,11,13). The van der Waals surface area contributed by atoms with E-state index in [2.05, 4.69) is 10.3 Å². The number of pyridine rings is 1. The number of rotatable bonds is 4. The highest BCUT2D eigenvalue weighted by Gasteiger charge is 2.09. The SMILES string of the molecule is NC(=O)C(Cl)=C(Cl)c1cccnc1.Nc1ccccc1NC(=O)c1ccccc1. The number of nitrogens with zero attached hydrogens (tertiary/aromatic N) is 1. The second-order valence-electron chi connectivity index (χ2n) is 5.64. The zero-order valence-corrected chi connectivity index (χ0v) is 16.7. The van der Waals surface area contributed by atoms with Crippen LogP contribution in [0, 0.1) is 0 Å². The number of carbonyl (C=O) groups is 2. The Hall–Kier alpha value is -3.35. The third-order valence-corrected chi connectivity index (χ3v) is 4.45. The van der Waals surface area contributed by atoms with Gasteiger partial charge in [0.1, 0.15) is 5.03 Å². The third-order valence-electron chi connectivity index (χ3n) is 3.57. The topological polar surface area (TPSA) is 111 Å². The van der Waals surface area contributed by atoms with Crippen LogP contribution in [0.3, 0.4) is 0 Å². The molecule has 0 saturated heterocycles. The molecule has 0 fully saturated rings. The summed E-state index contributed by atoms with van der Waals surface area (Å²) in [5, 5.41) is 2.69. The normalized spacial score (nSPS) is 10.8. The van der Waals surface area contributed by atoms with Gasteiger partial charge in [0.05, 0.1) is 16.4 Å².